The summed E-state index contributed by atoms with van der Waals surface area (Å²) in [5.41, 5.74) is 0. The van der Waals surface area contributed by atoms with E-state index in [0.717, 1.165) is 13.1 Å². The second-order valence-electron chi connectivity index (χ2n) is 6.75. The van der Waals surface area contributed by atoms with Crippen molar-refractivity contribution in [2.45, 2.75) is 44.9 Å². The van der Waals surface area contributed by atoms with Crippen molar-refractivity contribution in [3.8, 4) is 0 Å². The molecule has 22 heavy (non-hydrogen) atoms. The molecule has 5 heteroatoms. The lowest BCUT2D eigenvalue weighted by atomic mass is 10.2. The zero-order valence-electron chi connectivity index (χ0n) is 14.1. The highest BCUT2D eigenvalue weighted by molar-refractivity contribution is 5.83. The molecule has 0 radical (unpaired) electrons. The van der Waals surface area contributed by atoms with Crippen molar-refractivity contribution < 1.29 is 0 Å². The normalized spacial score (nSPS) is 25.0. The largest absolute Gasteiger partial charge is 0.360 e. The van der Waals surface area contributed by atoms with Crippen molar-refractivity contribution >= 4 is 11.8 Å². The molecule has 124 valence electrons. The summed E-state index contributed by atoms with van der Waals surface area (Å²) in [5, 5.41) is 0. The number of amidine groups is 1. The molecule has 0 unspecified atom stereocenters. The van der Waals surface area contributed by atoms with Crippen LogP contribution in [-0.2, 0) is 0 Å². The first kappa shape index (κ1) is 15.6. The molecule has 0 aromatic heterocycles. The van der Waals surface area contributed by atoms with Crippen LogP contribution in [0.15, 0.2) is 9.98 Å². The van der Waals surface area contributed by atoms with Crippen LogP contribution in [0.5, 0.6) is 0 Å². The summed E-state index contributed by atoms with van der Waals surface area (Å²) < 4.78 is 0. The smallest absolute Gasteiger partial charge is 0.196 e. The third kappa shape index (κ3) is 3.93. The quantitative estimate of drug-likeness (QED) is 0.687. The highest BCUT2D eigenvalue weighted by Gasteiger charge is 2.22. The van der Waals surface area contributed by atoms with Crippen LogP contribution >= 0.6 is 0 Å². The predicted molar refractivity (Wildman–Crippen MR) is 92.7 cm³/mol. The summed E-state index contributed by atoms with van der Waals surface area (Å²) in [5.74, 6) is 2.62. The lowest BCUT2D eigenvalue weighted by Crippen LogP contribution is -2.50. The van der Waals surface area contributed by atoms with E-state index in [0.29, 0.717) is 0 Å². The monoisotopic (exact) mass is 305 g/mol. The number of hydrogen-bond acceptors (Lipinski definition) is 5. The van der Waals surface area contributed by atoms with Gasteiger partial charge in [0.25, 0.3) is 0 Å². The van der Waals surface area contributed by atoms with Gasteiger partial charge in [0.1, 0.15) is 0 Å². The van der Waals surface area contributed by atoms with Crippen LogP contribution in [0.2, 0.25) is 0 Å². The second kappa shape index (κ2) is 7.84. The van der Waals surface area contributed by atoms with E-state index in [4.69, 9.17) is 0 Å². The summed E-state index contributed by atoms with van der Waals surface area (Å²) in [6.07, 6.45) is 9.15. The molecular formula is C17H31N5. The molecule has 0 aliphatic carbocycles. The summed E-state index contributed by atoms with van der Waals surface area (Å²) in [7, 11) is 2.14. The van der Waals surface area contributed by atoms with Gasteiger partial charge in [0.2, 0.25) is 0 Å². The van der Waals surface area contributed by atoms with Crippen molar-refractivity contribution in [2.75, 3.05) is 52.9 Å². The molecule has 0 saturated carbocycles. The van der Waals surface area contributed by atoms with E-state index in [1.807, 2.05) is 0 Å². The fourth-order valence-electron chi connectivity index (χ4n) is 3.75. The van der Waals surface area contributed by atoms with Gasteiger partial charge in [-0.1, -0.05) is 6.42 Å². The lowest BCUT2D eigenvalue weighted by Gasteiger charge is -2.39. The Morgan fingerprint density at radius 3 is 2.27 bits per heavy atom. The first-order valence-electron chi connectivity index (χ1n) is 9.13. The zero-order valence-corrected chi connectivity index (χ0v) is 14.1. The lowest BCUT2D eigenvalue weighted by molar-refractivity contribution is 0.269. The molecule has 0 bridgehead atoms. The van der Waals surface area contributed by atoms with Crippen LogP contribution in [0.1, 0.15) is 44.9 Å². The number of fused-ring (bicyclic) bond motifs is 2. The van der Waals surface area contributed by atoms with Gasteiger partial charge < -0.3 is 14.7 Å². The summed E-state index contributed by atoms with van der Waals surface area (Å²) in [4.78, 5) is 16.2. The third-order valence-corrected chi connectivity index (χ3v) is 4.96. The molecule has 0 N–H and O–H groups in total. The molecule has 2 fully saturated rings. The Hall–Kier alpha value is -1.26. The van der Waals surface area contributed by atoms with Crippen molar-refractivity contribution in [3.05, 3.63) is 0 Å². The van der Waals surface area contributed by atoms with Crippen LogP contribution in [0.25, 0.3) is 0 Å². The van der Waals surface area contributed by atoms with Crippen molar-refractivity contribution in [1.82, 2.24) is 14.7 Å². The highest BCUT2D eigenvalue weighted by atomic mass is 15.4. The topological polar surface area (TPSA) is 34.4 Å². The molecule has 5 nitrogen and oxygen atoms in total. The molecule has 0 aromatic rings. The first-order valence-corrected chi connectivity index (χ1v) is 9.13. The average molecular weight is 305 g/mol. The van der Waals surface area contributed by atoms with E-state index in [9.17, 15) is 0 Å². The Balaban J connectivity index is 0.000000131. The average Bonchev–Trinajstić information content (AvgIpc) is 2.81. The molecular weight excluding hydrogens is 274 g/mol. The Labute approximate surface area is 135 Å². The van der Waals surface area contributed by atoms with Crippen LogP contribution in [0.3, 0.4) is 0 Å². The standard InChI is InChI=1S/C9H16N2.C8H15N3/c1-2-5-9-10-6-4-8-11(9)7-3-1;1-10-5-3-7-11-6-2-4-9-8(10)11/h1-8H2;2-7H2,1H3. The SMILES string of the molecule is C1CCC2=NCCCN2CC1.CN1CCCN2CCCN=C12. The Kier molecular flexibility index (Phi) is 5.57. The maximum atomic E-state index is 4.55. The fourth-order valence-corrected chi connectivity index (χ4v) is 3.75. The van der Waals surface area contributed by atoms with Crippen molar-refractivity contribution in [2.24, 2.45) is 9.98 Å². The number of nitrogens with zero attached hydrogens (tertiary/aromatic N) is 5. The van der Waals surface area contributed by atoms with E-state index in [2.05, 4.69) is 31.7 Å². The van der Waals surface area contributed by atoms with Gasteiger partial charge in [-0.25, -0.2) is 0 Å². The van der Waals surface area contributed by atoms with Gasteiger partial charge in [-0.3, -0.25) is 9.98 Å². The molecule has 0 aromatic carbocycles. The summed E-state index contributed by atoms with van der Waals surface area (Å²) in [6, 6.07) is 0. The number of hydrogen-bond donors (Lipinski definition) is 0. The first-order chi connectivity index (χ1) is 10.8. The zero-order chi connectivity index (χ0) is 15.2. The number of rotatable bonds is 0. The fraction of sp³-hybridized carbons (Fsp3) is 0.882. The van der Waals surface area contributed by atoms with Gasteiger partial charge in [0, 0.05) is 59.3 Å². The Bertz CT molecular complexity index is 417. The summed E-state index contributed by atoms with van der Waals surface area (Å²) in [6.45, 7) is 8.22. The van der Waals surface area contributed by atoms with E-state index < -0.39 is 0 Å². The van der Waals surface area contributed by atoms with Gasteiger partial charge in [-0.2, -0.15) is 0 Å². The molecule has 4 heterocycles. The second-order valence-corrected chi connectivity index (χ2v) is 6.75. The van der Waals surface area contributed by atoms with Gasteiger partial charge >= 0.3 is 0 Å². The number of aliphatic imine (C=N–C) groups is 2. The maximum Gasteiger partial charge on any atom is 0.196 e. The molecule has 0 amide bonds. The van der Waals surface area contributed by atoms with Crippen molar-refractivity contribution in [1.29, 1.82) is 0 Å². The predicted octanol–water partition coefficient (Wildman–Crippen LogP) is 2.05. The van der Waals surface area contributed by atoms with Gasteiger partial charge in [-0.15, -0.1) is 0 Å². The molecule has 4 aliphatic rings. The van der Waals surface area contributed by atoms with Gasteiger partial charge in [0.15, 0.2) is 5.96 Å². The van der Waals surface area contributed by atoms with E-state index in [-0.39, 0.29) is 0 Å². The molecule has 0 atom stereocenters. The molecule has 4 aliphatic heterocycles. The van der Waals surface area contributed by atoms with Gasteiger partial charge in [-0.05, 0) is 32.1 Å². The minimum atomic E-state index is 1.02. The van der Waals surface area contributed by atoms with Gasteiger partial charge in [0.05, 0.1) is 5.84 Å². The minimum absolute atomic E-state index is 1.02. The van der Waals surface area contributed by atoms with Crippen LogP contribution in [-0.4, -0.2) is 79.4 Å². The molecule has 2 saturated heterocycles. The molecule has 0 spiro atoms. The van der Waals surface area contributed by atoms with E-state index in [1.54, 1.807) is 0 Å². The van der Waals surface area contributed by atoms with Crippen LogP contribution < -0.4 is 0 Å². The number of guanidine groups is 1. The highest BCUT2D eigenvalue weighted by Crippen LogP contribution is 2.15. The van der Waals surface area contributed by atoms with Crippen molar-refractivity contribution in [3.63, 3.8) is 0 Å². The van der Waals surface area contributed by atoms with E-state index >= 15 is 0 Å². The maximum absolute atomic E-state index is 4.55. The van der Waals surface area contributed by atoms with Crippen LogP contribution in [0, 0.1) is 0 Å². The van der Waals surface area contributed by atoms with Crippen LogP contribution in [0.4, 0.5) is 0 Å². The Morgan fingerprint density at radius 2 is 1.41 bits per heavy atom. The minimum Gasteiger partial charge on any atom is -0.360 e. The van der Waals surface area contributed by atoms with E-state index in [1.165, 1.54) is 89.5 Å². The third-order valence-electron chi connectivity index (χ3n) is 4.96. The summed E-state index contributed by atoms with van der Waals surface area (Å²) >= 11 is 0. The molecule has 4 rings (SSSR count). The Morgan fingerprint density at radius 1 is 0.682 bits per heavy atom.